The zero-order chi connectivity index (χ0) is 14.5. The van der Waals surface area contributed by atoms with Crippen molar-refractivity contribution in [3.63, 3.8) is 0 Å². The Kier molecular flexibility index (Phi) is 5.59. The summed E-state index contributed by atoms with van der Waals surface area (Å²) in [6, 6.07) is 1.91. The van der Waals surface area contributed by atoms with Crippen molar-refractivity contribution in [1.82, 2.24) is 4.98 Å². The van der Waals surface area contributed by atoms with Crippen molar-refractivity contribution in [3.8, 4) is 0 Å². The van der Waals surface area contributed by atoms with E-state index in [4.69, 9.17) is 0 Å². The Morgan fingerprint density at radius 2 is 1.95 bits per heavy atom. The van der Waals surface area contributed by atoms with Crippen LogP contribution in [0.25, 0.3) is 0 Å². The first-order valence-electron chi connectivity index (χ1n) is 5.64. The fourth-order valence-electron chi connectivity index (χ4n) is 1.40. The minimum absolute atomic E-state index is 0.149. The van der Waals surface area contributed by atoms with E-state index in [1.54, 1.807) is 6.26 Å². The van der Waals surface area contributed by atoms with E-state index >= 15 is 0 Å². The molecule has 0 amide bonds. The van der Waals surface area contributed by atoms with Gasteiger partial charge < -0.3 is 10.6 Å². The summed E-state index contributed by atoms with van der Waals surface area (Å²) in [6.45, 7) is 0.428. The second-order valence-corrected chi connectivity index (χ2v) is 5.49. The van der Waals surface area contributed by atoms with Gasteiger partial charge >= 0.3 is 6.18 Å². The molecule has 0 aliphatic heterocycles. The number of hydrogen-bond donors (Lipinski definition) is 2. The maximum Gasteiger partial charge on any atom is 0.416 e. The van der Waals surface area contributed by atoms with E-state index in [0.717, 1.165) is 12.1 Å². The van der Waals surface area contributed by atoms with Crippen LogP contribution in [0.5, 0.6) is 0 Å². The Labute approximate surface area is 112 Å². The fourth-order valence-corrected chi connectivity index (χ4v) is 1.96. The molecule has 0 fully saturated rings. The summed E-state index contributed by atoms with van der Waals surface area (Å²) in [5, 5.41) is 5.39. The van der Waals surface area contributed by atoms with Crippen LogP contribution in [0, 0.1) is 0 Å². The molecule has 0 aliphatic carbocycles. The van der Waals surface area contributed by atoms with Gasteiger partial charge in [0.05, 0.1) is 5.56 Å². The molecule has 4 nitrogen and oxygen atoms in total. The van der Waals surface area contributed by atoms with E-state index < -0.39 is 22.5 Å². The molecule has 0 saturated carbocycles. The van der Waals surface area contributed by atoms with Gasteiger partial charge in [-0.05, 0) is 18.6 Å². The zero-order valence-electron chi connectivity index (χ0n) is 10.7. The van der Waals surface area contributed by atoms with Crippen molar-refractivity contribution in [2.45, 2.75) is 12.6 Å². The van der Waals surface area contributed by atoms with Gasteiger partial charge in [-0.15, -0.1) is 0 Å². The Morgan fingerprint density at radius 3 is 2.47 bits per heavy atom. The van der Waals surface area contributed by atoms with Gasteiger partial charge in [-0.3, -0.25) is 4.21 Å². The second-order valence-electron chi connectivity index (χ2n) is 3.93. The smallest absolute Gasteiger partial charge is 0.373 e. The fraction of sp³-hybridized carbons (Fsp3) is 0.545. The molecular weight excluding hydrogens is 279 g/mol. The number of hydrogen-bond acceptors (Lipinski definition) is 4. The molecule has 0 radical (unpaired) electrons. The Morgan fingerprint density at radius 1 is 1.32 bits per heavy atom. The monoisotopic (exact) mass is 295 g/mol. The third-order valence-corrected chi connectivity index (χ3v) is 3.19. The minimum atomic E-state index is -4.41. The summed E-state index contributed by atoms with van der Waals surface area (Å²) in [7, 11) is 0.606. The lowest BCUT2D eigenvalue weighted by molar-refractivity contribution is -0.137. The highest BCUT2D eigenvalue weighted by molar-refractivity contribution is 7.84. The first-order valence-corrected chi connectivity index (χ1v) is 7.36. The van der Waals surface area contributed by atoms with Gasteiger partial charge in [0.2, 0.25) is 0 Å². The van der Waals surface area contributed by atoms with Crippen LogP contribution in [0.3, 0.4) is 0 Å². The van der Waals surface area contributed by atoms with Gasteiger partial charge in [0.15, 0.2) is 0 Å². The van der Waals surface area contributed by atoms with Crippen LogP contribution in [0.2, 0.25) is 0 Å². The first-order chi connectivity index (χ1) is 8.82. The number of anilines is 2. The number of nitrogens with zero attached hydrogens (tertiary/aromatic N) is 1. The molecule has 1 heterocycles. The number of pyridine rings is 1. The highest BCUT2D eigenvalue weighted by Gasteiger charge is 2.31. The van der Waals surface area contributed by atoms with Gasteiger partial charge in [-0.25, -0.2) is 4.98 Å². The molecule has 1 aromatic rings. The SMILES string of the molecule is CNc1cc(C(F)(F)F)cc(NCCCS(C)=O)n1. The number of alkyl halides is 3. The number of nitrogens with one attached hydrogen (secondary N) is 2. The van der Waals surface area contributed by atoms with Crippen molar-refractivity contribution < 1.29 is 17.4 Å². The van der Waals surface area contributed by atoms with Gasteiger partial charge in [-0.2, -0.15) is 13.2 Å². The third-order valence-electron chi connectivity index (χ3n) is 2.32. The van der Waals surface area contributed by atoms with Crippen molar-refractivity contribution in [3.05, 3.63) is 17.7 Å². The lowest BCUT2D eigenvalue weighted by atomic mass is 10.2. The lowest BCUT2D eigenvalue weighted by Crippen LogP contribution is -2.11. The van der Waals surface area contributed by atoms with Crippen LogP contribution in [0.15, 0.2) is 12.1 Å². The summed E-state index contributed by atoms with van der Waals surface area (Å²) >= 11 is 0. The van der Waals surface area contributed by atoms with Crippen molar-refractivity contribution >= 4 is 22.4 Å². The van der Waals surface area contributed by atoms with Crippen LogP contribution in [0.1, 0.15) is 12.0 Å². The van der Waals surface area contributed by atoms with Crippen molar-refractivity contribution in [2.24, 2.45) is 0 Å². The predicted molar refractivity (Wildman–Crippen MR) is 70.8 cm³/mol. The Bertz CT molecular complexity index is 451. The van der Waals surface area contributed by atoms with Crippen molar-refractivity contribution in [1.29, 1.82) is 0 Å². The first kappa shape index (κ1) is 15.7. The molecule has 1 unspecified atom stereocenters. The quantitative estimate of drug-likeness (QED) is 0.791. The Balaban J connectivity index is 2.74. The van der Waals surface area contributed by atoms with Crippen molar-refractivity contribution in [2.75, 3.05) is 36.2 Å². The van der Waals surface area contributed by atoms with Gasteiger partial charge in [0, 0.05) is 36.4 Å². The highest BCUT2D eigenvalue weighted by Crippen LogP contribution is 2.31. The maximum atomic E-state index is 12.7. The van der Waals surface area contributed by atoms with Crippen LogP contribution in [-0.4, -0.2) is 34.8 Å². The van der Waals surface area contributed by atoms with E-state index in [9.17, 15) is 17.4 Å². The van der Waals surface area contributed by atoms with Crippen LogP contribution in [0.4, 0.5) is 24.8 Å². The average molecular weight is 295 g/mol. The van der Waals surface area contributed by atoms with E-state index in [-0.39, 0.29) is 11.6 Å². The van der Waals surface area contributed by atoms with Gasteiger partial charge in [-0.1, -0.05) is 0 Å². The lowest BCUT2D eigenvalue weighted by Gasteiger charge is -2.12. The molecule has 108 valence electrons. The van der Waals surface area contributed by atoms with Gasteiger partial charge in [0.25, 0.3) is 0 Å². The largest absolute Gasteiger partial charge is 0.416 e. The molecule has 0 saturated heterocycles. The standard InChI is InChI=1S/C11H16F3N3OS/c1-15-9-6-8(11(12,13)14)7-10(17-9)16-4-3-5-19(2)18/h6-7H,3-5H2,1-2H3,(H2,15,16,17). The van der Waals surface area contributed by atoms with Crippen LogP contribution < -0.4 is 10.6 Å². The molecule has 0 aliphatic rings. The van der Waals surface area contributed by atoms with E-state index in [0.29, 0.717) is 18.7 Å². The average Bonchev–Trinajstić information content (AvgIpc) is 2.33. The maximum absolute atomic E-state index is 12.7. The Hall–Kier alpha value is -1.31. The molecule has 1 atom stereocenters. The molecule has 8 heteroatoms. The van der Waals surface area contributed by atoms with Crippen LogP contribution >= 0.6 is 0 Å². The van der Waals surface area contributed by atoms with E-state index in [2.05, 4.69) is 15.6 Å². The number of aromatic nitrogens is 1. The summed E-state index contributed by atoms with van der Waals surface area (Å²) in [6.07, 6.45) is -2.21. The molecule has 1 rings (SSSR count). The summed E-state index contributed by atoms with van der Waals surface area (Å²) in [4.78, 5) is 3.98. The molecule has 1 aromatic heterocycles. The second kappa shape index (κ2) is 6.74. The molecule has 2 N–H and O–H groups in total. The number of halogens is 3. The predicted octanol–water partition coefficient (Wildman–Crippen LogP) is 2.32. The zero-order valence-corrected chi connectivity index (χ0v) is 11.5. The number of rotatable bonds is 6. The molecule has 19 heavy (non-hydrogen) atoms. The molecule has 0 bridgehead atoms. The topological polar surface area (TPSA) is 54.0 Å². The van der Waals surface area contributed by atoms with E-state index in [1.807, 2.05) is 0 Å². The minimum Gasteiger partial charge on any atom is -0.373 e. The third kappa shape index (κ3) is 5.46. The summed E-state index contributed by atoms with van der Waals surface area (Å²) in [5.74, 6) is 0.808. The molecule has 0 spiro atoms. The summed E-state index contributed by atoms with van der Waals surface area (Å²) < 4.78 is 48.8. The normalized spacial score (nSPS) is 13.1. The van der Waals surface area contributed by atoms with Crippen LogP contribution in [-0.2, 0) is 17.0 Å². The molecule has 0 aromatic carbocycles. The summed E-state index contributed by atoms with van der Waals surface area (Å²) in [5.41, 5.74) is -0.756. The van der Waals surface area contributed by atoms with E-state index in [1.165, 1.54) is 7.05 Å². The highest BCUT2D eigenvalue weighted by atomic mass is 32.2. The van der Waals surface area contributed by atoms with Gasteiger partial charge in [0.1, 0.15) is 11.6 Å². The molecular formula is C11H16F3N3OS.